The Labute approximate surface area is 103 Å². The largest absolute Gasteiger partial charge is 0.506 e. The highest BCUT2D eigenvalue weighted by molar-refractivity contribution is 6.05. The topological polar surface area (TPSA) is 53.4 Å². The third-order valence-corrected chi connectivity index (χ3v) is 2.49. The molecule has 1 heterocycles. The van der Waals surface area contributed by atoms with Crippen LogP contribution in [0.1, 0.15) is 10.4 Å². The van der Waals surface area contributed by atoms with Gasteiger partial charge in [0, 0.05) is 13.2 Å². The van der Waals surface area contributed by atoms with Gasteiger partial charge < -0.3 is 10.0 Å². The second-order valence-electron chi connectivity index (χ2n) is 3.75. The van der Waals surface area contributed by atoms with E-state index in [1.807, 2.05) is 0 Å². The molecule has 4 nitrogen and oxygen atoms in total. The predicted molar refractivity (Wildman–Crippen MR) is 65.0 cm³/mol. The van der Waals surface area contributed by atoms with E-state index in [4.69, 9.17) is 0 Å². The zero-order valence-electron chi connectivity index (χ0n) is 9.67. The van der Waals surface area contributed by atoms with Gasteiger partial charge in [-0.3, -0.25) is 9.78 Å². The first kappa shape index (κ1) is 12.0. The van der Waals surface area contributed by atoms with Crippen LogP contribution in [0.2, 0.25) is 0 Å². The van der Waals surface area contributed by atoms with Crippen LogP contribution in [0.3, 0.4) is 0 Å². The molecule has 2 rings (SSSR count). The van der Waals surface area contributed by atoms with Gasteiger partial charge in [-0.15, -0.1) is 0 Å². The Morgan fingerprint density at radius 1 is 1.33 bits per heavy atom. The number of hydrogen-bond donors (Lipinski definition) is 1. The van der Waals surface area contributed by atoms with Crippen molar-refractivity contribution in [3.8, 4) is 5.75 Å². The summed E-state index contributed by atoms with van der Waals surface area (Å²) in [6, 6.07) is 7.26. The van der Waals surface area contributed by atoms with Gasteiger partial charge in [0.05, 0.1) is 17.4 Å². The lowest BCUT2D eigenvalue weighted by Gasteiger charge is -2.17. The zero-order chi connectivity index (χ0) is 13.1. The van der Waals surface area contributed by atoms with E-state index in [9.17, 15) is 14.3 Å². The Morgan fingerprint density at radius 3 is 2.72 bits per heavy atom. The fourth-order valence-corrected chi connectivity index (χ4v) is 1.57. The van der Waals surface area contributed by atoms with Crippen molar-refractivity contribution in [1.82, 2.24) is 4.98 Å². The summed E-state index contributed by atoms with van der Waals surface area (Å²) < 4.78 is 13.5. The predicted octanol–water partition coefficient (Wildman–Crippen LogP) is 2.20. The average molecular weight is 246 g/mol. The molecular weight excluding hydrogens is 235 g/mol. The van der Waals surface area contributed by atoms with Crippen molar-refractivity contribution in [2.24, 2.45) is 0 Å². The van der Waals surface area contributed by atoms with Crippen LogP contribution in [0.15, 0.2) is 42.7 Å². The molecule has 0 spiro atoms. The van der Waals surface area contributed by atoms with Gasteiger partial charge in [0.1, 0.15) is 11.6 Å². The molecule has 0 aliphatic rings. The minimum absolute atomic E-state index is 0.109. The summed E-state index contributed by atoms with van der Waals surface area (Å²) in [5, 5.41) is 9.26. The highest BCUT2D eigenvalue weighted by Gasteiger charge is 2.16. The maximum atomic E-state index is 13.5. The molecule has 0 atom stereocenters. The molecule has 0 unspecified atom stereocenters. The number of carbonyl (C=O) groups is 1. The molecule has 0 aliphatic heterocycles. The Bertz CT molecular complexity index is 587. The molecule has 0 fully saturated rings. The first-order valence-electron chi connectivity index (χ1n) is 5.26. The summed E-state index contributed by atoms with van der Waals surface area (Å²) in [7, 11) is 1.46. The van der Waals surface area contributed by atoms with E-state index < -0.39 is 11.7 Å². The summed E-state index contributed by atoms with van der Waals surface area (Å²) in [5.41, 5.74) is 0.367. The number of halogens is 1. The molecule has 0 saturated heterocycles. The number of rotatable bonds is 2. The van der Waals surface area contributed by atoms with E-state index in [1.54, 1.807) is 12.1 Å². The Hall–Kier alpha value is -2.43. The maximum absolute atomic E-state index is 13.5. The third kappa shape index (κ3) is 2.29. The second-order valence-corrected chi connectivity index (χ2v) is 3.75. The van der Waals surface area contributed by atoms with E-state index in [1.165, 1.54) is 42.5 Å². The molecule has 2 aromatic rings. The van der Waals surface area contributed by atoms with Gasteiger partial charge >= 0.3 is 0 Å². The van der Waals surface area contributed by atoms with Crippen LogP contribution in [0.4, 0.5) is 10.1 Å². The Kier molecular flexibility index (Phi) is 3.23. The number of anilines is 1. The van der Waals surface area contributed by atoms with Crippen LogP contribution in [0.25, 0.3) is 0 Å². The van der Waals surface area contributed by atoms with Crippen LogP contribution in [-0.4, -0.2) is 23.0 Å². The summed E-state index contributed by atoms with van der Waals surface area (Å²) in [4.78, 5) is 16.9. The molecule has 0 aliphatic carbocycles. The fourth-order valence-electron chi connectivity index (χ4n) is 1.57. The van der Waals surface area contributed by atoms with Crippen molar-refractivity contribution in [3.63, 3.8) is 0 Å². The first-order valence-corrected chi connectivity index (χ1v) is 5.26. The summed E-state index contributed by atoms with van der Waals surface area (Å²) in [6.07, 6.45) is 2.54. The van der Waals surface area contributed by atoms with Crippen molar-refractivity contribution >= 4 is 11.6 Å². The number of nitrogens with zero attached hydrogens (tertiary/aromatic N) is 2. The van der Waals surface area contributed by atoms with Crippen molar-refractivity contribution in [2.75, 3.05) is 11.9 Å². The van der Waals surface area contributed by atoms with Crippen molar-refractivity contribution < 1.29 is 14.3 Å². The van der Waals surface area contributed by atoms with Crippen LogP contribution in [0, 0.1) is 5.82 Å². The van der Waals surface area contributed by atoms with Crippen LogP contribution >= 0.6 is 0 Å². The Balaban J connectivity index is 2.32. The number of benzene rings is 1. The van der Waals surface area contributed by atoms with Gasteiger partial charge in [-0.1, -0.05) is 12.1 Å². The van der Waals surface area contributed by atoms with Crippen molar-refractivity contribution in [1.29, 1.82) is 0 Å². The normalized spacial score (nSPS) is 10.1. The molecule has 1 N–H and O–H groups in total. The summed E-state index contributed by atoms with van der Waals surface area (Å²) in [6.45, 7) is 0. The van der Waals surface area contributed by atoms with Crippen LogP contribution in [0.5, 0.6) is 5.75 Å². The first-order chi connectivity index (χ1) is 8.59. The molecule has 18 heavy (non-hydrogen) atoms. The van der Waals surface area contributed by atoms with Gasteiger partial charge in [0.2, 0.25) is 0 Å². The average Bonchev–Trinajstić information content (AvgIpc) is 2.37. The number of hydrogen-bond acceptors (Lipinski definition) is 3. The highest BCUT2D eigenvalue weighted by Crippen LogP contribution is 2.20. The standard InChI is InChI=1S/C13H11FN2O2/c1-16(12-5-3-2-4-11(12)14)13(18)9-6-10(17)8-15-7-9/h2-8,17H,1H3. The van der Waals surface area contributed by atoms with Crippen molar-refractivity contribution in [2.45, 2.75) is 0 Å². The van der Waals surface area contributed by atoms with Gasteiger partial charge in [-0.2, -0.15) is 0 Å². The molecule has 0 radical (unpaired) electrons. The maximum Gasteiger partial charge on any atom is 0.259 e. The SMILES string of the molecule is CN(C(=O)c1cncc(O)c1)c1ccccc1F. The van der Waals surface area contributed by atoms with Crippen LogP contribution < -0.4 is 4.90 Å². The molecular formula is C13H11FN2O2. The van der Waals surface area contributed by atoms with E-state index in [0.717, 1.165) is 0 Å². The quantitative estimate of drug-likeness (QED) is 0.883. The molecule has 1 aromatic carbocycles. The molecule has 0 bridgehead atoms. The molecule has 5 heteroatoms. The third-order valence-electron chi connectivity index (χ3n) is 2.49. The molecule has 0 saturated carbocycles. The number of para-hydroxylation sites is 1. The van der Waals surface area contributed by atoms with Gasteiger partial charge in [-0.05, 0) is 18.2 Å². The molecule has 1 aromatic heterocycles. The fraction of sp³-hybridized carbons (Fsp3) is 0.0769. The summed E-state index contributed by atoms with van der Waals surface area (Å²) >= 11 is 0. The second kappa shape index (κ2) is 4.83. The van der Waals surface area contributed by atoms with Gasteiger partial charge in [0.25, 0.3) is 5.91 Å². The van der Waals surface area contributed by atoms with E-state index in [0.29, 0.717) is 0 Å². The minimum atomic E-state index is -0.485. The zero-order valence-corrected chi connectivity index (χ0v) is 9.67. The lowest BCUT2D eigenvalue weighted by atomic mass is 10.2. The number of aromatic nitrogens is 1. The van der Waals surface area contributed by atoms with E-state index >= 15 is 0 Å². The monoisotopic (exact) mass is 246 g/mol. The van der Waals surface area contributed by atoms with E-state index in [2.05, 4.69) is 4.98 Å². The smallest absolute Gasteiger partial charge is 0.259 e. The van der Waals surface area contributed by atoms with Gasteiger partial charge in [-0.25, -0.2) is 4.39 Å². The molecule has 1 amide bonds. The highest BCUT2D eigenvalue weighted by atomic mass is 19.1. The lowest BCUT2D eigenvalue weighted by molar-refractivity contribution is 0.0991. The Morgan fingerprint density at radius 2 is 2.06 bits per heavy atom. The number of pyridine rings is 1. The van der Waals surface area contributed by atoms with E-state index in [-0.39, 0.29) is 17.0 Å². The number of carbonyl (C=O) groups excluding carboxylic acids is 1. The minimum Gasteiger partial charge on any atom is -0.506 e. The van der Waals surface area contributed by atoms with Crippen molar-refractivity contribution in [3.05, 3.63) is 54.1 Å². The van der Waals surface area contributed by atoms with Gasteiger partial charge in [0.15, 0.2) is 0 Å². The molecule has 92 valence electrons. The van der Waals surface area contributed by atoms with Crippen LogP contribution in [-0.2, 0) is 0 Å². The number of amides is 1. The summed E-state index contributed by atoms with van der Waals surface area (Å²) in [5.74, 6) is -1.03. The lowest BCUT2D eigenvalue weighted by Crippen LogP contribution is -2.27. The number of aromatic hydroxyl groups is 1.